The summed E-state index contributed by atoms with van der Waals surface area (Å²) in [6, 6.07) is 8.17. The molecule has 106 valence electrons. The Balaban J connectivity index is 2.61. The second kappa shape index (κ2) is 6.01. The van der Waals surface area contributed by atoms with Gasteiger partial charge in [-0.15, -0.1) is 0 Å². The lowest BCUT2D eigenvalue weighted by Crippen LogP contribution is -2.28. The van der Waals surface area contributed by atoms with Crippen LogP contribution in [0.4, 0.5) is 0 Å². The fourth-order valence-electron chi connectivity index (χ4n) is 2.36. The van der Waals surface area contributed by atoms with E-state index >= 15 is 0 Å². The van der Waals surface area contributed by atoms with Gasteiger partial charge in [0.15, 0.2) is 0 Å². The molecule has 0 amide bonds. The molecule has 0 atom stereocenters. The summed E-state index contributed by atoms with van der Waals surface area (Å²) in [5, 5.41) is 7.51. The Labute approximate surface area is 119 Å². The molecule has 20 heavy (non-hydrogen) atoms. The second-order valence-electron chi connectivity index (χ2n) is 5.02. The van der Waals surface area contributed by atoms with E-state index in [1.807, 2.05) is 20.0 Å². The van der Waals surface area contributed by atoms with E-state index in [1.165, 1.54) is 15.8 Å². The molecule has 2 rings (SSSR count). The van der Waals surface area contributed by atoms with Gasteiger partial charge in [-0.05, 0) is 39.4 Å². The number of rotatable bonds is 4. The Kier molecular flexibility index (Phi) is 4.35. The quantitative estimate of drug-likeness (QED) is 0.928. The van der Waals surface area contributed by atoms with Crippen molar-refractivity contribution in [3.8, 4) is 11.3 Å². The predicted molar refractivity (Wildman–Crippen MR) is 81.8 cm³/mol. The summed E-state index contributed by atoms with van der Waals surface area (Å²) in [4.78, 5) is 12.2. The molecule has 1 aromatic heterocycles. The lowest BCUT2D eigenvalue weighted by molar-refractivity contribution is 0.605. The molecule has 0 aliphatic rings. The Morgan fingerprint density at radius 2 is 2.00 bits per heavy atom. The Morgan fingerprint density at radius 1 is 1.25 bits per heavy atom. The van der Waals surface area contributed by atoms with Crippen LogP contribution in [0.3, 0.4) is 0 Å². The first kappa shape index (κ1) is 14.5. The van der Waals surface area contributed by atoms with E-state index in [4.69, 9.17) is 0 Å². The van der Waals surface area contributed by atoms with Crippen molar-refractivity contribution in [2.75, 3.05) is 7.05 Å². The lowest BCUT2D eigenvalue weighted by Gasteiger charge is -2.11. The molecule has 0 radical (unpaired) electrons. The normalized spacial score (nSPS) is 10.8. The van der Waals surface area contributed by atoms with Crippen LogP contribution in [0.5, 0.6) is 0 Å². The number of nitrogens with one attached hydrogen (secondary N) is 1. The molecule has 0 saturated carbocycles. The Hall–Kier alpha value is -1.94. The molecule has 2 aromatic rings. The van der Waals surface area contributed by atoms with Crippen molar-refractivity contribution >= 4 is 0 Å². The fourth-order valence-corrected chi connectivity index (χ4v) is 2.36. The summed E-state index contributed by atoms with van der Waals surface area (Å²) < 4.78 is 1.53. The van der Waals surface area contributed by atoms with Crippen LogP contribution in [-0.2, 0) is 13.1 Å². The number of nitrogens with zero attached hydrogens (tertiary/aromatic N) is 2. The van der Waals surface area contributed by atoms with Crippen LogP contribution in [0.15, 0.2) is 29.1 Å². The highest BCUT2D eigenvalue weighted by atomic mass is 16.1. The molecule has 0 aliphatic carbocycles. The second-order valence-corrected chi connectivity index (χ2v) is 5.02. The SMILES string of the molecule is CCn1nc(-c2ccc(C)cc2C)cc(CNC)c1=O. The van der Waals surface area contributed by atoms with Gasteiger partial charge in [0.05, 0.1) is 5.69 Å². The van der Waals surface area contributed by atoms with Gasteiger partial charge in [0.1, 0.15) is 0 Å². The number of hydrogen-bond donors (Lipinski definition) is 1. The maximum atomic E-state index is 12.2. The first-order chi connectivity index (χ1) is 9.56. The monoisotopic (exact) mass is 271 g/mol. The highest BCUT2D eigenvalue weighted by Crippen LogP contribution is 2.22. The van der Waals surface area contributed by atoms with Crippen LogP contribution in [0.2, 0.25) is 0 Å². The zero-order valence-corrected chi connectivity index (χ0v) is 12.5. The van der Waals surface area contributed by atoms with Gasteiger partial charge in [-0.2, -0.15) is 5.10 Å². The van der Waals surface area contributed by atoms with Crippen molar-refractivity contribution in [2.24, 2.45) is 0 Å². The minimum atomic E-state index is -0.0182. The van der Waals surface area contributed by atoms with Gasteiger partial charge in [0.2, 0.25) is 0 Å². The van der Waals surface area contributed by atoms with Crippen LogP contribution < -0.4 is 10.9 Å². The average molecular weight is 271 g/mol. The minimum Gasteiger partial charge on any atom is -0.315 e. The van der Waals surface area contributed by atoms with Crippen LogP contribution in [0, 0.1) is 13.8 Å². The van der Waals surface area contributed by atoms with E-state index in [2.05, 4.69) is 42.5 Å². The van der Waals surface area contributed by atoms with Gasteiger partial charge in [-0.3, -0.25) is 4.79 Å². The van der Waals surface area contributed by atoms with Crippen LogP contribution in [0.25, 0.3) is 11.3 Å². The number of aryl methyl sites for hydroxylation is 3. The first-order valence-corrected chi connectivity index (χ1v) is 6.90. The standard InChI is InChI=1S/C16H21N3O/c1-5-19-16(20)13(10-17-4)9-15(18-19)14-7-6-11(2)8-12(14)3/h6-9,17H,5,10H2,1-4H3. The zero-order valence-electron chi connectivity index (χ0n) is 12.5. The topological polar surface area (TPSA) is 46.9 Å². The Bertz CT molecular complexity index is 674. The molecular weight excluding hydrogens is 250 g/mol. The molecule has 0 saturated heterocycles. The molecule has 0 spiro atoms. The highest BCUT2D eigenvalue weighted by Gasteiger charge is 2.10. The van der Waals surface area contributed by atoms with E-state index in [0.717, 1.165) is 16.8 Å². The number of hydrogen-bond acceptors (Lipinski definition) is 3. The minimum absolute atomic E-state index is 0.0182. The zero-order chi connectivity index (χ0) is 14.7. The van der Waals surface area contributed by atoms with E-state index in [0.29, 0.717) is 13.1 Å². The first-order valence-electron chi connectivity index (χ1n) is 6.90. The molecule has 0 unspecified atom stereocenters. The van der Waals surface area contributed by atoms with Crippen molar-refractivity contribution in [2.45, 2.75) is 33.9 Å². The molecular formula is C16H21N3O. The number of aromatic nitrogens is 2. The highest BCUT2D eigenvalue weighted by molar-refractivity contribution is 5.64. The average Bonchev–Trinajstić information content (AvgIpc) is 2.41. The summed E-state index contributed by atoms with van der Waals surface area (Å²) in [5.74, 6) is 0. The third-order valence-corrected chi connectivity index (χ3v) is 3.37. The van der Waals surface area contributed by atoms with Crippen molar-refractivity contribution in [3.63, 3.8) is 0 Å². The van der Waals surface area contributed by atoms with Gasteiger partial charge in [-0.25, -0.2) is 4.68 Å². The molecule has 1 N–H and O–H groups in total. The van der Waals surface area contributed by atoms with Crippen LogP contribution in [-0.4, -0.2) is 16.8 Å². The molecule has 1 heterocycles. The summed E-state index contributed by atoms with van der Waals surface area (Å²) in [7, 11) is 1.84. The third kappa shape index (κ3) is 2.80. The number of benzene rings is 1. The van der Waals surface area contributed by atoms with Gasteiger partial charge >= 0.3 is 0 Å². The molecule has 0 bridgehead atoms. The van der Waals surface area contributed by atoms with E-state index in [-0.39, 0.29) is 5.56 Å². The Morgan fingerprint density at radius 3 is 2.60 bits per heavy atom. The summed E-state index contributed by atoms with van der Waals surface area (Å²) in [5.41, 5.74) is 5.07. The summed E-state index contributed by atoms with van der Waals surface area (Å²) in [6.45, 7) is 7.21. The van der Waals surface area contributed by atoms with Gasteiger partial charge in [-0.1, -0.05) is 23.8 Å². The third-order valence-electron chi connectivity index (χ3n) is 3.37. The smallest absolute Gasteiger partial charge is 0.271 e. The fraction of sp³-hybridized carbons (Fsp3) is 0.375. The van der Waals surface area contributed by atoms with Crippen LogP contribution in [0.1, 0.15) is 23.6 Å². The van der Waals surface area contributed by atoms with E-state index in [1.54, 1.807) is 0 Å². The van der Waals surface area contributed by atoms with Crippen molar-refractivity contribution in [3.05, 3.63) is 51.3 Å². The van der Waals surface area contributed by atoms with Gasteiger partial charge in [0.25, 0.3) is 5.56 Å². The van der Waals surface area contributed by atoms with E-state index in [9.17, 15) is 4.79 Å². The predicted octanol–water partition coefficient (Wildman–Crippen LogP) is 2.27. The van der Waals surface area contributed by atoms with E-state index < -0.39 is 0 Å². The lowest BCUT2D eigenvalue weighted by atomic mass is 10.0. The van der Waals surface area contributed by atoms with Crippen molar-refractivity contribution in [1.82, 2.24) is 15.1 Å². The molecule has 1 aromatic carbocycles. The van der Waals surface area contributed by atoms with Crippen molar-refractivity contribution < 1.29 is 0 Å². The maximum Gasteiger partial charge on any atom is 0.271 e. The molecule has 0 fully saturated rings. The molecule has 0 aliphatic heterocycles. The van der Waals surface area contributed by atoms with Gasteiger partial charge in [0, 0.05) is 24.2 Å². The summed E-state index contributed by atoms with van der Waals surface area (Å²) >= 11 is 0. The summed E-state index contributed by atoms with van der Waals surface area (Å²) in [6.07, 6.45) is 0. The van der Waals surface area contributed by atoms with Crippen LogP contribution >= 0.6 is 0 Å². The van der Waals surface area contributed by atoms with Gasteiger partial charge < -0.3 is 5.32 Å². The molecule has 4 nitrogen and oxygen atoms in total. The molecule has 4 heteroatoms. The largest absolute Gasteiger partial charge is 0.315 e. The van der Waals surface area contributed by atoms with Crippen molar-refractivity contribution in [1.29, 1.82) is 0 Å². The maximum absolute atomic E-state index is 12.2.